The summed E-state index contributed by atoms with van der Waals surface area (Å²) in [5.41, 5.74) is 0.850. The third-order valence-electron chi connectivity index (χ3n) is 3.93. The Labute approximate surface area is 163 Å². The molecule has 0 aromatic heterocycles. The lowest BCUT2D eigenvalue weighted by molar-refractivity contribution is -0.121. The number of carbonyl (C=O) groups is 1. The first-order valence-corrected chi connectivity index (χ1v) is 10.1. The van der Waals surface area contributed by atoms with Crippen molar-refractivity contribution >= 4 is 15.9 Å². The molecule has 0 bridgehead atoms. The van der Waals surface area contributed by atoms with Crippen LogP contribution < -0.4 is 19.5 Å². The van der Waals surface area contributed by atoms with Crippen molar-refractivity contribution in [2.75, 3.05) is 20.8 Å². The predicted molar refractivity (Wildman–Crippen MR) is 102 cm³/mol. The van der Waals surface area contributed by atoms with Gasteiger partial charge in [0.15, 0.2) is 11.5 Å². The van der Waals surface area contributed by atoms with Gasteiger partial charge in [-0.3, -0.25) is 4.79 Å². The molecule has 0 aliphatic rings. The van der Waals surface area contributed by atoms with Crippen molar-refractivity contribution in [3.05, 3.63) is 53.8 Å². The van der Waals surface area contributed by atoms with E-state index in [4.69, 9.17) is 9.47 Å². The Morgan fingerprint density at radius 1 is 1.04 bits per heavy atom. The van der Waals surface area contributed by atoms with Crippen LogP contribution in [0.5, 0.6) is 11.5 Å². The summed E-state index contributed by atoms with van der Waals surface area (Å²) in [7, 11) is -0.639. The van der Waals surface area contributed by atoms with E-state index in [0.717, 1.165) is 17.7 Å². The molecule has 0 unspecified atom stereocenters. The monoisotopic (exact) mass is 410 g/mol. The zero-order valence-corrected chi connectivity index (χ0v) is 16.5. The fourth-order valence-corrected chi connectivity index (χ4v) is 3.51. The molecule has 2 N–H and O–H groups in total. The third kappa shape index (κ3) is 6.21. The number of benzene rings is 2. The first-order valence-electron chi connectivity index (χ1n) is 8.58. The molecule has 0 aliphatic heterocycles. The molecular formula is C19H23FN2O5S. The van der Waals surface area contributed by atoms with Gasteiger partial charge in [-0.05, 0) is 48.4 Å². The number of ether oxygens (including phenoxy) is 2. The molecule has 0 radical (unpaired) electrons. The molecule has 0 atom stereocenters. The average Bonchev–Trinajstić information content (AvgIpc) is 2.69. The van der Waals surface area contributed by atoms with Crippen LogP contribution in [-0.2, 0) is 21.4 Å². The summed E-state index contributed by atoms with van der Waals surface area (Å²) < 4.78 is 49.7. The Morgan fingerprint density at radius 3 is 2.36 bits per heavy atom. The minimum Gasteiger partial charge on any atom is -0.493 e. The van der Waals surface area contributed by atoms with Crippen LogP contribution in [0.15, 0.2) is 47.4 Å². The predicted octanol–water partition coefficient (Wildman–Crippen LogP) is 2.22. The van der Waals surface area contributed by atoms with Crippen LogP contribution in [0.3, 0.4) is 0 Å². The van der Waals surface area contributed by atoms with Crippen molar-refractivity contribution in [3.8, 4) is 11.5 Å². The van der Waals surface area contributed by atoms with Gasteiger partial charge >= 0.3 is 0 Å². The Kier molecular flexibility index (Phi) is 7.77. The highest BCUT2D eigenvalue weighted by Crippen LogP contribution is 2.27. The highest BCUT2D eigenvalue weighted by molar-refractivity contribution is 7.89. The topological polar surface area (TPSA) is 93.7 Å². The normalized spacial score (nSPS) is 11.1. The minimum atomic E-state index is -3.72. The Balaban J connectivity index is 1.75. The van der Waals surface area contributed by atoms with Crippen LogP contribution in [0.1, 0.15) is 18.4 Å². The standard InChI is InChI=1S/C19H23FN2O5S/c1-26-17-10-5-14(12-18(17)27-2)13-21-19(23)4-3-11-22-28(24,25)16-8-6-15(20)7-9-16/h5-10,12,22H,3-4,11,13H2,1-2H3,(H,21,23). The minimum absolute atomic E-state index is 0.0215. The van der Waals surface area contributed by atoms with Gasteiger partial charge in [-0.1, -0.05) is 6.07 Å². The maximum atomic E-state index is 12.9. The number of carbonyl (C=O) groups excluding carboxylic acids is 1. The number of halogens is 1. The van der Waals surface area contributed by atoms with Crippen LogP contribution in [0.25, 0.3) is 0 Å². The zero-order valence-electron chi connectivity index (χ0n) is 15.7. The lowest BCUT2D eigenvalue weighted by Crippen LogP contribution is -2.27. The quantitative estimate of drug-likeness (QED) is 0.586. The summed E-state index contributed by atoms with van der Waals surface area (Å²) in [4.78, 5) is 11.9. The van der Waals surface area contributed by atoms with E-state index in [0.29, 0.717) is 24.5 Å². The zero-order chi connectivity index (χ0) is 20.6. The lowest BCUT2D eigenvalue weighted by Gasteiger charge is -2.10. The van der Waals surface area contributed by atoms with Gasteiger partial charge in [0.25, 0.3) is 0 Å². The summed E-state index contributed by atoms with van der Waals surface area (Å²) >= 11 is 0. The van der Waals surface area contributed by atoms with Gasteiger partial charge in [0, 0.05) is 19.5 Å². The van der Waals surface area contributed by atoms with Crippen molar-refractivity contribution in [3.63, 3.8) is 0 Å². The van der Waals surface area contributed by atoms with Gasteiger partial charge in [0.05, 0.1) is 19.1 Å². The van der Waals surface area contributed by atoms with Gasteiger partial charge in [-0.25, -0.2) is 17.5 Å². The molecule has 7 nitrogen and oxygen atoms in total. The van der Waals surface area contributed by atoms with Crippen molar-refractivity contribution in [1.29, 1.82) is 0 Å². The second kappa shape index (κ2) is 10.0. The van der Waals surface area contributed by atoms with Crippen LogP contribution in [0.4, 0.5) is 4.39 Å². The molecule has 0 saturated heterocycles. The van der Waals surface area contributed by atoms with Crippen LogP contribution >= 0.6 is 0 Å². The smallest absolute Gasteiger partial charge is 0.240 e. The first-order chi connectivity index (χ1) is 13.4. The number of methoxy groups -OCH3 is 2. The second-order valence-electron chi connectivity index (χ2n) is 5.92. The number of hydrogen-bond donors (Lipinski definition) is 2. The van der Waals surface area contributed by atoms with E-state index in [9.17, 15) is 17.6 Å². The molecule has 9 heteroatoms. The summed E-state index contributed by atoms with van der Waals surface area (Å²) in [6.45, 7) is 0.421. The number of rotatable bonds is 10. The molecule has 0 fully saturated rings. The van der Waals surface area contributed by atoms with E-state index >= 15 is 0 Å². The molecule has 0 heterocycles. The molecule has 28 heavy (non-hydrogen) atoms. The molecule has 152 valence electrons. The highest BCUT2D eigenvalue weighted by Gasteiger charge is 2.13. The lowest BCUT2D eigenvalue weighted by atomic mass is 10.2. The molecule has 0 saturated carbocycles. The van der Waals surface area contributed by atoms with Crippen LogP contribution in [-0.4, -0.2) is 35.1 Å². The van der Waals surface area contributed by atoms with E-state index in [1.54, 1.807) is 19.2 Å². The Morgan fingerprint density at radius 2 is 1.71 bits per heavy atom. The fraction of sp³-hybridized carbons (Fsp3) is 0.316. The van der Waals surface area contributed by atoms with Gasteiger partial charge < -0.3 is 14.8 Å². The van der Waals surface area contributed by atoms with Crippen molar-refractivity contribution in [2.24, 2.45) is 0 Å². The number of hydrogen-bond acceptors (Lipinski definition) is 5. The Bertz CT molecular complexity index is 901. The van der Waals surface area contributed by atoms with Crippen molar-refractivity contribution < 1.29 is 27.1 Å². The maximum absolute atomic E-state index is 12.9. The molecule has 2 rings (SSSR count). The average molecular weight is 410 g/mol. The van der Waals surface area contributed by atoms with Crippen molar-refractivity contribution in [2.45, 2.75) is 24.3 Å². The molecule has 2 aromatic carbocycles. The number of sulfonamides is 1. The van der Waals surface area contributed by atoms with E-state index in [2.05, 4.69) is 10.0 Å². The van der Waals surface area contributed by atoms with E-state index in [1.165, 1.54) is 19.2 Å². The number of nitrogens with one attached hydrogen (secondary N) is 2. The Hall–Kier alpha value is -2.65. The maximum Gasteiger partial charge on any atom is 0.240 e. The summed E-state index contributed by atoms with van der Waals surface area (Å²) in [6, 6.07) is 9.88. The SMILES string of the molecule is COc1ccc(CNC(=O)CCCNS(=O)(=O)c2ccc(F)cc2)cc1OC. The summed E-state index contributed by atoms with van der Waals surface area (Å²) in [5, 5.41) is 2.77. The largest absolute Gasteiger partial charge is 0.493 e. The van der Waals surface area contributed by atoms with Crippen LogP contribution in [0.2, 0.25) is 0 Å². The highest BCUT2D eigenvalue weighted by atomic mass is 32.2. The number of amides is 1. The molecule has 2 aromatic rings. The second-order valence-corrected chi connectivity index (χ2v) is 7.69. The first kappa shape index (κ1) is 21.6. The van der Waals surface area contributed by atoms with Gasteiger partial charge in [-0.15, -0.1) is 0 Å². The molecular weight excluding hydrogens is 387 g/mol. The summed E-state index contributed by atoms with van der Waals surface area (Å²) in [6.07, 6.45) is 0.497. The van der Waals surface area contributed by atoms with E-state index < -0.39 is 15.8 Å². The van der Waals surface area contributed by atoms with Gasteiger partial charge in [-0.2, -0.15) is 0 Å². The van der Waals surface area contributed by atoms with Gasteiger partial charge in [0.1, 0.15) is 5.82 Å². The van der Waals surface area contributed by atoms with Gasteiger partial charge in [0.2, 0.25) is 15.9 Å². The third-order valence-corrected chi connectivity index (χ3v) is 5.41. The molecule has 1 amide bonds. The fourth-order valence-electron chi connectivity index (χ4n) is 2.43. The van der Waals surface area contributed by atoms with Crippen LogP contribution in [0, 0.1) is 5.82 Å². The molecule has 0 spiro atoms. The van der Waals surface area contributed by atoms with Crippen molar-refractivity contribution in [1.82, 2.24) is 10.0 Å². The van der Waals surface area contributed by atoms with E-state index in [-0.39, 0.29) is 23.8 Å². The molecule has 0 aliphatic carbocycles. The summed E-state index contributed by atoms with van der Waals surface area (Å²) in [5.74, 6) is 0.469. The van der Waals surface area contributed by atoms with E-state index in [1.807, 2.05) is 6.07 Å².